The van der Waals surface area contributed by atoms with Gasteiger partial charge in [0.15, 0.2) is 0 Å². The second-order valence-electron chi connectivity index (χ2n) is 3.34. The van der Waals surface area contributed by atoms with Gasteiger partial charge in [0, 0.05) is 23.6 Å². The molecule has 84 valence electrons. The van der Waals surface area contributed by atoms with Crippen LogP contribution in [0.2, 0.25) is 0 Å². The number of nitro groups is 1. The van der Waals surface area contributed by atoms with Crippen LogP contribution in [0.4, 0.5) is 5.69 Å². The molecular formula is C10H12N4O2. The number of aryl methyl sites for hydroxylation is 1. The molecule has 1 rings (SSSR count). The van der Waals surface area contributed by atoms with E-state index in [1.807, 2.05) is 0 Å². The van der Waals surface area contributed by atoms with E-state index < -0.39 is 4.92 Å². The van der Waals surface area contributed by atoms with Gasteiger partial charge < -0.3 is 0 Å². The molecular weight excluding hydrogens is 208 g/mol. The monoisotopic (exact) mass is 220 g/mol. The molecule has 0 heterocycles. The zero-order chi connectivity index (χ0) is 11.8. The van der Waals surface area contributed by atoms with Gasteiger partial charge in [-0.2, -0.15) is 0 Å². The lowest BCUT2D eigenvalue weighted by atomic mass is 10.1. The van der Waals surface area contributed by atoms with E-state index in [0.29, 0.717) is 6.54 Å². The van der Waals surface area contributed by atoms with Crippen molar-refractivity contribution in [3.63, 3.8) is 0 Å². The van der Waals surface area contributed by atoms with Crippen LogP contribution in [0.1, 0.15) is 18.4 Å². The summed E-state index contributed by atoms with van der Waals surface area (Å²) in [6, 6.07) is 6.52. The first kappa shape index (κ1) is 12.0. The molecule has 0 aliphatic rings. The Bertz CT molecular complexity index is 396. The van der Waals surface area contributed by atoms with E-state index in [1.165, 1.54) is 12.1 Å². The van der Waals surface area contributed by atoms with Gasteiger partial charge in [0.2, 0.25) is 0 Å². The van der Waals surface area contributed by atoms with E-state index in [1.54, 1.807) is 12.1 Å². The van der Waals surface area contributed by atoms with Crippen LogP contribution in [0.5, 0.6) is 0 Å². The maximum Gasteiger partial charge on any atom is 0.269 e. The second-order valence-corrected chi connectivity index (χ2v) is 3.34. The molecule has 16 heavy (non-hydrogen) atoms. The largest absolute Gasteiger partial charge is 0.269 e. The number of benzene rings is 1. The Kier molecular flexibility index (Phi) is 4.82. The topological polar surface area (TPSA) is 91.9 Å². The summed E-state index contributed by atoms with van der Waals surface area (Å²) >= 11 is 0. The van der Waals surface area contributed by atoms with Crippen LogP contribution < -0.4 is 0 Å². The number of hydrogen-bond donors (Lipinski definition) is 0. The van der Waals surface area contributed by atoms with E-state index in [4.69, 9.17) is 5.53 Å². The van der Waals surface area contributed by atoms with Crippen molar-refractivity contribution in [2.24, 2.45) is 5.11 Å². The van der Waals surface area contributed by atoms with Gasteiger partial charge >= 0.3 is 0 Å². The van der Waals surface area contributed by atoms with Crippen molar-refractivity contribution in [2.45, 2.75) is 19.3 Å². The van der Waals surface area contributed by atoms with Crippen molar-refractivity contribution in [3.05, 3.63) is 50.4 Å². The number of azide groups is 1. The molecule has 0 aliphatic heterocycles. The summed E-state index contributed by atoms with van der Waals surface area (Å²) in [5.74, 6) is 0. The van der Waals surface area contributed by atoms with E-state index >= 15 is 0 Å². The lowest BCUT2D eigenvalue weighted by molar-refractivity contribution is -0.384. The highest BCUT2D eigenvalue weighted by Gasteiger charge is 2.03. The average Bonchev–Trinajstić information content (AvgIpc) is 2.29. The highest BCUT2D eigenvalue weighted by atomic mass is 16.6. The summed E-state index contributed by atoms with van der Waals surface area (Å²) < 4.78 is 0. The summed E-state index contributed by atoms with van der Waals surface area (Å²) in [5, 5.41) is 13.8. The molecule has 1 aromatic rings. The second kappa shape index (κ2) is 6.42. The fourth-order valence-electron chi connectivity index (χ4n) is 1.34. The highest BCUT2D eigenvalue weighted by Crippen LogP contribution is 2.13. The van der Waals surface area contributed by atoms with Gasteiger partial charge in [0.25, 0.3) is 5.69 Å². The number of non-ortho nitro benzene ring substituents is 1. The molecule has 6 nitrogen and oxygen atoms in total. The predicted octanol–water partition coefficient (Wildman–Crippen LogP) is 3.23. The summed E-state index contributed by atoms with van der Waals surface area (Å²) in [6.45, 7) is 0.503. The number of nitrogens with zero attached hydrogens (tertiary/aromatic N) is 4. The molecule has 0 aromatic heterocycles. The van der Waals surface area contributed by atoms with Gasteiger partial charge in [0.05, 0.1) is 4.92 Å². The minimum atomic E-state index is -0.411. The smallest absolute Gasteiger partial charge is 0.258 e. The van der Waals surface area contributed by atoms with Crippen LogP contribution in [-0.2, 0) is 6.42 Å². The minimum Gasteiger partial charge on any atom is -0.258 e. The zero-order valence-corrected chi connectivity index (χ0v) is 8.74. The quantitative estimate of drug-likeness (QED) is 0.184. The molecule has 1 aromatic carbocycles. The van der Waals surface area contributed by atoms with Crippen LogP contribution in [0.25, 0.3) is 10.4 Å². The number of nitro benzene ring substituents is 1. The van der Waals surface area contributed by atoms with Gasteiger partial charge in [-0.1, -0.05) is 17.2 Å². The van der Waals surface area contributed by atoms with E-state index in [9.17, 15) is 10.1 Å². The van der Waals surface area contributed by atoms with Crippen LogP contribution in [-0.4, -0.2) is 11.5 Å². The average molecular weight is 220 g/mol. The Labute approximate surface area is 92.7 Å². The lowest BCUT2D eigenvalue weighted by Crippen LogP contribution is -1.90. The van der Waals surface area contributed by atoms with E-state index in [-0.39, 0.29) is 5.69 Å². The molecule has 0 unspecified atom stereocenters. The fourth-order valence-corrected chi connectivity index (χ4v) is 1.34. The molecule has 0 amide bonds. The van der Waals surface area contributed by atoms with Gasteiger partial charge in [0.1, 0.15) is 0 Å². The molecule has 0 saturated heterocycles. The fraction of sp³-hybridized carbons (Fsp3) is 0.400. The van der Waals surface area contributed by atoms with Gasteiger partial charge in [-0.05, 0) is 30.4 Å². The Balaban J connectivity index is 2.37. The molecule has 0 spiro atoms. The third kappa shape index (κ3) is 3.98. The Morgan fingerprint density at radius 2 is 2.00 bits per heavy atom. The Hall–Kier alpha value is -2.07. The molecule has 0 fully saturated rings. The molecule has 0 atom stereocenters. The number of hydrogen-bond acceptors (Lipinski definition) is 3. The molecule has 0 N–H and O–H groups in total. The van der Waals surface area contributed by atoms with Crippen molar-refractivity contribution in [1.82, 2.24) is 0 Å². The van der Waals surface area contributed by atoms with Crippen LogP contribution in [0, 0.1) is 10.1 Å². The number of rotatable bonds is 6. The summed E-state index contributed by atoms with van der Waals surface area (Å²) in [4.78, 5) is 12.7. The Morgan fingerprint density at radius 1 is 1.31 bits per heavy atom. The normalized spacial score (nSPS) is 9.50. The number of unbranched alkanes of at least 4 members (excludes halogenated alkanes) is 1. The third-order valence-corrected chi connectivity index (χ3v) is 2.18. The summed E-state index contributed by atoms with van der Waals surface area (Å²) in [5.41, 5.74) is 9.23. The van der Waals surface area contributed by atoms with Crippen LogP contribution in [0.3, 0.4) is 0 Å². The zero-order valence-electron chi connectivity index (χ0n) is 8.74. The minimum absolute atomic E-state index is 0.109. The van der Waals surface area contributed by atoms with Crippen molar-refractivity contribution < 1.29 is 4.92 Å². The van der Waals surface area contributed by atoms with Crippen molar-refractivity contribution >= 4 is 5.69 Å². The van der Waals surface area contributed by atoms with Crippen molar-refractivity contribution in [1.29, 1.82) is 0 Å². The van der Waals surface area contributed by atoms with Gasteiger partial charge in [-0.15, -0.1) is 0 Å². The summed E-state index contributed by atoms with van der Waals surface area (Å²) in [6.07, 6.45) is 2.59. The lowest BCUT2D eigenvalue weighted by Gasteiger charge is -1.99. The maximum atomic E-state index is 10.4. The SMILES string of the molecule is [N-]=[N+]=NCCCCc1ccc([N+](=O)[O-])cc1. The molecule has 0 saturated carbocycles. The van der Waals surface area contributed by atoms with Gasteiger partial charge in [-0.25, -0.2) is 0 Å². The third-order valence-electron chi connectivity index (χ3n) is 2.18. The van der Waals surface area contributed by atoms with Crippen LogP contribution in [0.15, 0.2) is 29.4 Å². The standard InChI is InChI=1S/C10H12N4O2/c11-13-12-8-2-1-3-9-4-6-10(7-5-9)14(15)16/h4-7H,1-3,8H2. The predicted molar refractivity (Wildman–Crippen MR) is 60.0 cm³/mol. The first-order chi connectivity index (χ1) is 7.74. The highest BCUT2D eigenvalue weighted by molar-refractivity contribution is 5.32. The van der Waals surface area contributed by atoms with Crippen LogP contribution >= 0.6 is 0 Å². The maximum absolute atomic E-state index is 10.4. The first-order valence-corrected chi connectivity index (χ1v) is 4.98. The van der Waals surface area contributed by atoms with Gasteiger partial charge in [-0.3, -0.25) is 10.1 Å². The molecule has 0 aliphatic carbocycles. The first-order valence-electron chi connectivity index (χ1n) is 4.98. The van der Waals surface area contributed by atoms with Crippen molar-refractivity contribution in [3.8, 4) is 0 Å². The van der Waals surface area contributed by atoms with E-state index in [0.717, 1.165) is 24.8 Å². The Morgan fingerprint density at radius 3 is 2.56 bits per heavy atom. The molecule has 6 heteroatoms. The van der Waals surface area contributed by atoms with Crippen molar-refractivity contribution in [2.75, 3.05) is 6.54 Å². The van der Waals surface area contributed by atoms with E-state index in [2.05, 4.69) is 10.0 Å². The summed E-state index contributed by atoms with van der Waals surface area (Å²) in [7, 11) is 0. The molecule has 0 radical (unpaired) electrons. The molecule has 0 bridgehead atoms.